The molecule has 0 fully saturated rings. The molecule has 0 heterocycles. The molecule has 1 rings (SSSR count). The minimum absolute atomic E-state index is 0.452. The number of rotatable bonds is 7. The van der Waals surface area contributed by atoms with Gasteiger partial charge in [0.2, 0.25) is 0 Å². The van der Waals surface area contributed by atoms with Crippen molar-refractivity contribution in [2.45, 2.75) is 13.3 Å². The molecule has 0 N–H and O–H groups in total. The standard InChI is InChI=1S/C19H20O2/c1-5-15-9-11-17(12-10-15)16(6-2)13-14-18(7-3)21-19(20)8-4/h5-6,8-14H,1-2,4,7H2,3H3/b16-13+,18-14+. The van der Waals surface area contributed by atoms with Crippen LogP contribution in [0.1, 0.15) is 24.5 Å². The smallest absolute Gasteiger partial charge is 0.335 e. The Morgan fingerprint density at radius 3 is 2.24 bits per heavy atom. The molecule has 0 aliphatic heterocycles. The average Bonchev–Trinajstić information content (AvgIpc) is 2.54. The number of hydrogen-bond donors (Lipinski definition) is 0. The van der Waals surface area contributed by atoms with Gasteiger partial charge in [-0.25, -0.2) is 4.79 Å². The molecule has 0 unspecified atom stereocenters. The van der Waals surface area contributed by atoms with Crippen molar-refractivity contribution in [2.24, 2.45) is 0 Å². The van der Waals surface area contributed by atoms with E-state index in [-0.39, 0.29) is 0 Å². The lowest BCUT2D eigenvalue weighted by atomic mass is 10.0. The van der Waals surface area contributed by atoms with Crippen LogP contribution in [-0.4, -0.2) is 5.97 Å². The van der Waals surface area contributed by atoms with E-state index in [1.807, 2.05) is 37.3 Å². The molecule has 2 heteroatoms. The minimum atomic E-state index is -0.452. The first-order chi connectivity index (χ1) is 10.1. The highest BCUT2D eigenvalue weighted by Gasteiger charge is 2.01. The normalized spacial score (nSPS) is 11.7. The molecule has 0 saturated heterocycles. The van der Waals surface area contributed by atoms with Gasteiger partial charge in [-0.1, -0.05) is 69.2 Å². The van der Waals surface area contributed by atoms with Crippen LogP contribution >= 0.6 is 0 Å². The molecule has 1 aromatic rings. The lowest BCUT2D eigenvalue weighted by molar-refractivity contribution is -0.133. The van der Waals surface area contributed by atoms with E-state index in [1.165, 1.54) is 0 Å². The molecule has 0 aliphatic carbocycles. The summed E-state index contributed by atoms with van der Waals surface area (Å²) in [5, 5.41) is 0. The second kappa shape index (κ2) is 8.54. The zero-order chi connectivity index (χ0) is 15.7. The van der Waals surface area contributed by atoms with Gasteiger partial charge in [-0.3, -0.25) is 0 Å². The van der Waals surface area contributed by atoms with Crippen molar-refractivity contribution in [1.82, 2.24) is 0 Å². The van der Waals surface area contributed by atoms with Gasteiger partial charge in [-0.05, 0) is 22.8 Å². The van der Waals surface area contributed by atoms with Gasteiger partial charge in [0.25, 0.3) is 0 Å². The van der Waals surface area contributed by atoms with Crippen LogP contribution in [0.4, 0.5) is 0 Å². The molecular formula is C19H20O2. The van der Waals surface area contributed by atoms with E-state index in [2.05, 4.69) is 19.7 Å². The summed E-state index contributed by atoms with van der Waals surface area (Å²) >= 11 is 0. The van der Waals surface area contributed by atoms with Crippen molar-refractivity contribution >= 4 is 17.6 Å². The van der Waals surface area contributed by atoms with Gasteiger partial charge in [0.1, 0.15) is 5.76 Å². The molecule has 0 aromatic heterocycles. The highest BCUT2D eigenvalue weighted by atomic mass is 16.5. The Balaban J connectivity index is 3.00. The number of carbonyl (C=O) groups is 1. The highest BCUT2D eigenvalue weighted by Crippen LogP contribution is 2.18. The van der Waals surface area contributed by atoms with E-state index in [4.69, 9.17) is 4.74 Å². The first kappa shape index (κ1) is 16.4. The Hall–Kier alpha value is -2.61. The van der Waals surface area contributed by atoms with Crippen LogP contribution in [-0.2, 0) is 9.53 Å². The predicted molar refractivity (Wildman–Crippen MR) is 89.4 cm³/mol. The molecule has 0 saturated carbocycles. The SMILES string of the molecule is C=CC(=O)O/C(=C/C=C(\C=C)c1ccc(C=C)cc1)CC. The Kier molecular flexibility index (Phi) is 6.69. The van der Waals surface area contributed by atoms with Crippen LogP contribution < -0.4 is 0 Å². The number of ether oxygens (including phenoxy) is 1. The van der Waals surface area contributed by atoms with Crippen LogP contribution in [0.5, 0.6) is 0 Å². The maximum Gasteiger partial charge on any atom is 0.335 e. The van der Waals surface area contributed by atoms with Gasteiger partial charge in [-0.2, -0.15) is 0 Å². The molecular weight excluding hydrogens is 260 g/mol. The number of allylic oxidation sites excluding steroid dienone is 5. The summed E-state index contributed by atoms with van der Waals surface area (Å²) < 4.78 is 5.13. The van der Waals surface area contributed by atoms with E-state index < -0.39 is 5.97 Å². The fourth-order valence-electron chi connectivity index (χ4n) is 1.67. The number of hydrogen-bond acceptors (Lipinski definition) is 2. The Morgan fingerprint density at radius 1 is 1.10 bits per heavy atom. The van der Waals surface area contributed by atoms with E-state index in [0.29, 0.717) is 12.2 Å². The molecule has 1 aromatic carbocycles. The monoisotopic (exact) mass is 280 g/mol. The van der Waals surface area contributed by atoms with Crippen LogP contribution in [0, 0.1) is 0 Å². The molecule has 0 atom stereocenters. The summed E-state index contributed by atoms with van der Waals surface area (Å²) in [5.41, 5.74) is 3.05. The second-order valence-electron chi connectivity index (χ2n) is 4.26. The van der Waals surface area contributed by atoms with Gasteiger partial charge in [-0.15, -0.1) is 0 Å². The van der Waals surface area contributed by atoms with Crippen molar-refractivity contribution in [3.63, 3.8) is 0 Å². The van der Waals surface area contributed by atoms with Crippen LogP contribution in [0.25, 0.3) is 11.6 Å². The molecule has 0 amide bonds. The maximum atomic E-state index is 11.2. The quantitative estimate of drug-likeness (QED) is 0.306. The number of benzene rings is 1. The third kappa shape index (κ3) is 5.11. The predicted octanol–water partition coefficient (Wildman–Crippen LogP) is 4.92. The minimum Gasteiger partial charge on any atom is -0.428 e. The molecule has 0 bridgehead atoms. The Labute approximate surface area is 126 Å². The lowest BCUT2D eigenvalue weighted by Gasteiger charge is -2.05. The van der Waals surface area contributed by atoms with E-state index >= 15 is 0 Å². The molecule has 2 nitrogen and oxygen atoms in total. The van der Waals surface area contributed by atoms with E-state index in [0.717, 1.165) is 22.8 Å². The van der Waals surface area contributed by atoms with Crippen molar-refractivity contribution < 1.29 is 9.53 Å². The van der Waals surface area contributed by atoms with Crippen molar-refractivity contribution in [2.75, 3.05) is 0 Å². The van der Waals surface area contributed by atoms with Crippen molar-refractivity contribution in [1.29, 1.82) is 0 Å². The summed E-state index contributed by atoms with van der Waals surface area (Å²) in [5.74, 6) is 0.133. The summed E-state index contributed by atoms with van der Waals surface area (Å²) in [6, 6.07) is 7.98. The van der Waals surface area contributed by atoms with Gasteiger partial charge in [0, 0.05) is 12.5 Å². The zero-order valence-corrected chi connectivity index (χ0v) is 12.3. The molecule has 0 aliphatic rings. The number of carbonyl (C=O) groups excluding carboxylic acids is 1. The first-order valence-electron chi connectivity index (χ1n) is 6.75. The molecule has 108 valence electrons. The Bertz CT molecular complexity index is 586. The van der Waals surface area contributed by atoms with E-state index in [9.17, 15) is 4.79 Å². The van der Waals surface area contributed by atoms with Gasteiger partial charge in [0.05, 0.1) is 0 Å². The molecule has 0 spiro atoms. The average molecular weight is 280 g/mol. The fourth-order valence-corrected chi connectivity index (χ4v) is 1.67. The summed E-state index contributed by atoms with van der Waals surface area (Å²) in [6.45, 7) is 12.9. The van der Waals surface area contributed by atoms with Crippen molar-refractivity contribution in [3.05, 3.63) is 85.2 Å². The third-order valence-corrected chi connectivity index (χ3v) is 2.90. The van der Waals surface area contributed by atoms with Crippen LogP contribution in [0.15, 0.2) is 74.1 Å². The number of esters is 1. The molecule has 0 radical (unpaired) electrons. The largest absolute Gasteiger partial charge is 0.428 e. The fraction of sp³-hybridized carbons (Fsp3) is 0.105. The second-order valence-corrected chi connectivity index (χ2v) is 4.26. The lowest BCUT2D eigenvalue weighted by Crippen LogP contribution is -1.99. The topological polar surface area (TPSA) is 26.3 Å². The van der Waals surface area contributed by atoms with E-state index in [1.54, 1.807) is 18.2 Å². The summed E-state index contributed by atoms with van der Waals surface area (Å²) in [7, 11) is 0. The maximum absolute atomic E-state index is 11.2. The van der Waals surface area contributed by atoms with Gasteiger partial charge < -0.3 is 4.74 Å². The Morgan fingerprint density at radius 2 is 1.76 bits per heavy atom. The first-order valence-corrected chi connectivity index (χ1v) is 6.75. The van der Waals surface area contributed by atoms with Crippen LogP contribution in [0.2, 0.25) is 0 Å². The third-order valence-electron chi connectivity index (χ3n) is 2.90. The summed E-state index contributed by atoms with van der Waals surface area (Å²) in [4.78, 5) is 11.2. The van der Waals surface area contributed by atoms with Crippen LogP contribution in [0.3, 0.4) is 0 Å². The van der Waals surface area contributed by atoms with Gasteiger partial charge in [0.15, 0.2) is 0 Å². The van der Waals surface area contributed by atoms with Crippen molar-refractivity contribution in [3.8, 4) is 0 Å². The molecule has 21 heavy (non-hydrogen) atoms. The summed E-state index contributed by atoms with van der Waals surface area (Å²) in [6.07, 6.45) is 8.99. The van der Waals surface area contributed by atoms with Gasteiger partial charge >= 0.3 is 5.97 Å². The zero-order valence-electron chi connectivity index (χ0n) is 12.3. The highest BCUT2D eigenvalue weighted by molar-refractivity contribution is 5.82.